The van der Waals surface area contributed by atoms with Crippen LogP contribution >= 0.6 is 27.5 Å². The van der Waals surface area contributed by atoms with Crippen molar-refractivity contribution in [3.8, 4) is 0 Å². The van der Waals surface area contributed by atoms with Crippen LogP contribution in [0, 0.1) is 0 Å². The lowest BCUT2D eigenvalue weighted by Gasteiger charge is -2.07. The van der Waals surface area contributed by atoms with Crippen LogP contribution in [0.1, 0.15) is 24.6 Å². The first-order valence-electron chi connectivity index (χ1n) is 5.78. The molecule has 0 amide bonds. The maximum atomic E-state index is 6.01. The van der Waals surface area contributed by atoms with Gasteiger partial charge in [-0.15, -0.1) is 0 Å². The van der Waals surface area contributed by atoms with Gasteiger partial charge in [-0.05, 0) is 37.1 Å². The standard InChI is InChI=1S/C13H11BrClN3/c14-9-3-5-10(6-4-9)16-12-7-11(15)17-13(18-12)8-1-2-8/h3-8H,1-2H2,(H,16,17,18). The molecule has 5 heteroatoms. The molecule has 0 bridgehead atoms. The third-order valence-corrected chi connectivity index (χ3v) is 3.49. The zero-order valence-corrected chi connectivity index (χ0v) is 11.9. The lowest BCUT2D eigenvalue weighted by Crippen LogP contribution is -1.99. The van der Waals surface area contributed by atoms with Crippen LogP contribution in [-0.2, 0) is 0 Å². The van der Waals surface area contributed by atoms with Crippen LogP contribution in [0.25, 0.3) is 0 Å². The zero-order valence-electron chi connectivity index (χ0n) is 9.53. The fraction of sp³-hybridized carbons (Fsp3) is 0.231. The third-order valence-electron chi connectivity index (χ3n) is 2.77. The molecule has 1 aromatic heterocycles. The van der Waals surface area contributed by atoms with Gasteiger partial charge in [-0.1, -0.05) is 27.5 Å². The highest BCUT2D eigenvalue weighted by Gasteiger charge is 2.27. The molecule has 1 saturated carbocycles. The van der Waals surface area contributed by atoms with Gasteiger partial charge in [0.2, 0.25) is 0 Å². The average Bonchev–Trinajstić information content (AvgIpc) is 3.15. The molecule has 18 heavy (non-hydrogen) atoms. The summed E-state index contributed by atoms with van der Waals surface area (Å²) in [5.74, 6) is 2.09. The molecular weight excluding hydrogens is 314 g/mol. The minimum Gasteiger partial charge on any atom is -0.340 e. The van der Waals surface area contributed by atoms with Gasteiger partial charge in [0.1, 0.15) is 16.8 Å². The van der Waals surface area contributed by atoms with E-state index >= 15 is 0 Å². The van der Waals surface area contributed by atoms with Crippen LogP contribution in [0.3, 0.4) is 0 Å². The van der Waals surface area contributed by atoms with Crippen molar-refractivity contribution in [2.45, 2.75) is 18.8 Å². The van der Waals surface area contributed by atoms with Crippen LogP contribution in [0.15, 0.2) is 34.8 Å². The number of nitrogens with zero attached hydrogens (tertiary/aromatic N) is 2. The minimum atomic E-state index is 0.492. The summed E-state index contributed by atoms with van der Waals surface area (Å²) < 4.78 is 1.05. The van der Waals surface area contributed by atoms with Gasteiger partial charge >= 0.3 is 0 Å². The predicted molar refractivity (Wildman–Crippen MR) is 76.4 cm³/mol. The number of hydrogen-bond donors (Lipinski definition) is 1. The van der Waals surface area contributed by atoms with Gasteiger partial charge in [0.15, 0.2) is 0 Å². The van der Waals surface area contributed by atoms with E-state index in [1.807, 2.05) is 24.3 Å². The Kier molecular flexibility index (Phi) is 3.22. The first-order valence-corrected chi connectivity index (χ1v) is 6.95. The summed E-state index contributed by atoms with van der Waals surface area (Å²) in [4.78, 5) is 8.75. The van der Waals surface area contributed by atoms with Crippen molar-refractivity contribution in [2.24, 2.45) is 0 Å². The van der Waals surface area contributed by atoms with Gasteiger partial charge in [0.25, 0.3) is 0 Å². The molecule has 1 aliphatic rings. The molecule has 1 N–H and O–H groups in total. The Bertz CT molecular complexity index is 567. The normalized spacial score (nSPS) is 14.6. The Morgan fingerprint density at radius 1 is 1.17 bits per heavy atom. The summed E-state index contributed by atoms with van der Waals surface area (Å²) >= 11 is 9.42. The molecule has 1 heterocycles. The highest BCUT2D eigenvalue weighted by molar-refractivity contribution is 9.10. The van der Waals surface area contributed by atoms with E-state index in [9.17, 15) is 0 Å². The summed E-state index contributed by atoms with van der Waals surface area (Å²) in [6.45, 7) is 0. The van der Waals surface area contributed by atoms with Crippen LogP contribution in [0.5, 0.6) is 0 Å². The number of aromatic nitrogens is 2. The van der Waals surface area contributed by atoms with E-state index in [-0.39, 0.29) is 0 Å². The highest BCUT2D eigenvalue weighted by Crippen LogP contribution is 2.39. The number of rotatable bonds is 3. The van der Waals surface area contributed by atoms with Gasteiger partial charge in [-0.2, -0.15) is 0 Å². The molecule has 1 aromatic carbocycles. The maximum Gasteiger partial charge on any atom is 0.135 e. The number of benzene rings is 1. The van der Waals surface area contributed by atoms with Crippen molar-refractivity contribution in [3.63, 3.8) is 0 Å². The van der Waals surface area contributed by atoms with Crippen molar-refractivity contribution >= 4 is 39.0 Å². The summed E-state index contributed by atoms with van der Waals surface area (Å²) in [6.07, 6.45) is 2.33. The summed E-state index contributed by atoms with van der Waals surface area (Å²) in [5, 5.41) is 3.73. The van der Waals surface area contributed by atoms with Crippen molar-refractivity contribution in [1.29, 1.82) is 0 Å². The largest absolute Gasteiger partial charge is 0.340 e. The molecule has 0 aliphatic heterocycles. The first-order chi connectivity index (χ1) is 8.70. The smallest absolute Gasteiger partial charge is 0.135 e. The van der Waals surface area contributed by atoms with E-state index in [4.69, 9.17) is 11.6 Å². The van der Waals surface area contributed by atoms with E-state index < -0.39 is 0 Å². The monoisotopic (exact) mass is 323 g/mol. The molecule has 0 saturated heterocycles. The van der Waals surface area contributed by atoms with E-state index in [1.165, 1.54) is 0 Å². The van der Waals surface area contributed by atoms with Crippen molar-refractivity contribution in [2.75, 3.05) is 5.32 Å². The molecule has 3 rings (SSSR count). The maximum absolute atomic E-state index is 6.01. The zero-order chi connectivity index (χ0) is 12.5. The van der Waals surface area contributed by atoms with Crippen LogP contribution in [0.4, 0.5) is 11.5 Å². The third kappa shape index (κ3) is 2.82. The van der Waals surface area contributed by atoms with E-state index in [0.29, 0.717) is 11.1 Å². The summed E-state index contributed by atoms with van der Waals surface area (Å²) in [5.41, 5.74) is 0.981. The number of halogens is 2. The Balaban J connectivity index is 1.85. The van der Waals surface area contributed by atoms with Crippen molar-refractivity contribution in [1.82, 2.24) is 9.97 Å². The first kappa shape index (κ1) is 11.9. The highest BCUT2D eigenvalue weighted by atomic mass is 79.9. The molecule has 0 spiro atoms. The van der Waals surface area contributed by atoms with Gasteiger partial charge in [0, 0.05) is 22.1 Å². The van der Waals surface area contributed by atoms with Crippen molar-refractivity contribution in [3.05, 3.63) is 45.8 Å². The molecule has 1 fully saturated rings. The molecule has 92 valence electrons. The van der Waals surface area contributed by atoms with Crippen LogP contribution in [-0.4, -0.2) is 9.97 Å². The van der Waals surface area contributed by atoms with Crippen LogP contribution in [0.2, 0.25) is 5.15 Å². The quantitative estimate of drug-likeness (QED) is 0.844. The fourth-order valence-corrected chi connectivity index (χ4v) is 2.16. The van der Waals surface area contributed by atoms with Gasteiger partial charge in [-0.3, -0.25) is 0 Å². The van der Waals surface area contributed by atoms with Crippen LogP contribution < -0.4 is 5.32 Å². The predicted octanol–water partition coefficient (Wildman–Crippen LogP) is 4.51. The second-order valence-electron chi connectivity index (χ2n) is 4.34. The molecule has 1 aliphatic carbocycles. The fourth-order valence-electron chi connectivity index (χ4n) is 1.70. The number of nitrogens with one attached hydrogen (secondary N) is 1. The lowest BCUT2D eigenvalue weighted by molar-refractivity contribution is 0.931. The molecule has 0 unspecified atom stereocenters. The Morgan fingerprint density at radius 3 is 2.56 bits per heavy atom. The number of hydrogen-bond acceptors (Lipinski definition) is 3. The average molecular weight is 325 g/mol. The molecule has 0 atom stereocenters. The van der Waals surface area contributed by atoms with E-state index in [0.717, 1.165) is 34.6 Å². The Labute approximate surface area is 119 Å². The second-order valence-corrected chi connectivity index (χ2v) is 5.64. The van der Waals surface area contributed by atoms with E-state index in [1.54, 1.807) is 6.07 Å². The Morgan fingerprint density at radius 2 is 1.89 bits per heavy atom. The topological polar surface area (TPSA) is 37.8 Å². The van der Waals surface area contributed by atoms with Gasteiger partial charge < -0.3 is 5.32 Å². The van der Waals surface area contributed by atoms with E-state index in [2.05, 4.69) is 31.2 Å². The number of anilines is 2. The molecular formula is C13H11BrClN3. The Hall–Kier alpha value is -1.13. The summed E-state index contributed by atoms with van der Waals surface area (Å²) in [7, 11) is 0. The van der Waals surface area contributed by atoms with Crippen molar-refractivity contribution < 1.29 is 0 Å². The summed E-state index contributed by atoms with van der Waals surface area (Å²) in [6, 6.07) is 9.67. The minimum absolute atomic E-state index is 0.492. The molecule has 2 aromatic rings. The molecule has 3 nitrogen and oxygen atoms in total. The lowest BCUT2D eigenvalue weighted by atomic mass is 10.3. The van der Waals surface area contributed by atoms with Gasteiger partial charge in [0.05, 0.1) is 0 Å². The molecule has 0 radical (unpaired) electrons. The second kappa shape index (κ2) is 4.86. The van der Waals surface area contributed by atoms with Gasteiger partial charge in [-0.25, -0.2) is 9.97 Å². The SMILES string of the molecule is Clc1cc(Nc2ccc(Br)cc2)nc(C2CC2)n1.